The van der Waals surface area contributed by atoms with Crippen molar-refractivity contribution in [1.82, 2.24) is 13.6 Å². The Kier molecular flexibility index (Phi) is 3.78. The van der Waals surface area contributed by atoms with Crippen LogP contribution in [0.2, 0.25) is 0 Å². The van der Waals surface area contributed by atoms with Crippen LogP contribution in [0.15, 0.2) is 29.6 Å². The summed E-state index contributed by atoms with van der Waals surface area (Å²) in [6.07, 6.45) is 0.743. The van der Waals surface area contributed by atoms with Gasteiger partial charge in [0.25, 0.3) is 5.91 Å². The third-order valence-corrected chi connectivity index (χ3v) is 5.71. The number of hydrogen-bond donors (Lipinski definition) is 0. The van der Waals surface area contributed by atoms with Crippen molar-refractivity contribution in [2.75, 3.05) is 13.7 Å². The molecule has 122 valence electrons. The molecular weight excluding hydrogens is 346 g/mol. The molecule has 8 heteroatoms. The summed E-state index contributed by atoms with van der Waals surface area (Å²) in [6, 6.07) is 6.43. The molecule has 1 amide bonds. The average Bonchev–Trinajstić information content (AvgIpc) is 3.27. The van der Waals surface area contributed by atoms with E-state index in [0.717, 1.165) is 34.1 Å². The summed E-state index contributed by atoms with van der Waals surface area (Å²) < 4.78 is 13.3. The predicted octanol–water partition coefficient (Wildman–Crippen LogP) is 2.67. The maximum absolute atomic E-state index is 13.0. The number of aromatic nitrogens is 2. The largest absolute Gasteiger partial charge is 0.467 e. The number of nitrogens with zero attached hydrogens (tertiary/aromatic N) is 3. The number of carbonyl (C=O) groups excluding carboxylic acids is 2. The Hall–Kier alpha value is -2.32. The SMILES string of the molecule is COC(=O)C1c2ccsc2CCN1C(=O)c1ccc2nsnc2c1. The van der Waals surface area contributed by atoms with E-state index in [-0.39, 0.29) is 5.91 Å². The van der Waals surface area contributed by atoms with Gasteiger partial charge in [0, 0.05) is 17.0 Å². The van der Waals surface area contributed by atoms with Gasteiger partial charge in [0.15, 0.2) is 6.04 Å². The molecule has 0 aliphatic carbocycles. The molecule has 0 fully saturated rings. The van der Waals surface area contributed by atoms with Crippen molar-refractivity contribution in [1.29, 1.82) is 0 Å². The van der Waals surface area contributed by atoms with Crippen LogP contribution in [0, 0.1) is 0 Å². The molecule has 4 rings (SSSR count). The van der Waals surface area contributed by atoms with E-state index in [1.54, 1.807) is 34.4 Å². The fourth-order valence-electron chi connectivity index (χ4n) is 2.98. The van der Waals surface area contributed by atoms with E-state index in [1.165, 1.54) is 7.11 Å². The summed E-state index contributed by atoms with van der Waals surface area (Å²) in [4.78, 5) is 28.0. The zero-order valence-corrected chi connectivity index (χ0v) is 14.4. The molecule has 0 saturated carbocycles. The second-order valence-electron chi connectivity index (χ2n) is 5.44. The highest BCUT2D eigenvalue weighted by Crippen LogP contribution is 2.35. The lowest BCUT2D eigenvalue weighted by Gasteiger charge is -2.34. The number of thiophene rings is 1. The smallest absolute Gasteiger partial charge is 0.333 e. The summed E-state index contributed by atoms with van der Waals surface area (Å²) in [5.41, 5.74) is 2.82. The van der Waals surface area contributed by atoms with Crippen molar-refractivity contribution in [2.45, 2.75) is 12.5 Å². The highest BCUT2D eigenvalue weighted by atomic mass is 32.1. The number of carbonyl (C=O) groups is 2. The van der Waals surface area contributed by atoms with Crippen molar-refractivity contribution < 1.29 is 14.3 Å². The minimum absolute atomic E-state index is 0.197. The zero-order valence-electron chi connectivity index (χ0n) is 12.8. The Morgan fingerprint density at radius 1 is 1.25 bits per heavy atom. The fraction of sp³-hybridized carbons (Fsp3) is 0.250. The molecule has 3 heterocycles. The minimum Gasteiger partial charge on any atom is -0.467 e. The highest BCUT2D eigenvalue weighted by Gasteiger charge is 2.37. The van der Waals surface area contributed by atoms with Crippen LogP contribution in [0.25, 0.3) is 11.0 Å². The fourth-order valence-corrected chi connectivity index (χ4v) is 4.40. The van der Waals surface area contributed by atoms with Crippen LogP contribution in [-0.2, 0) is 16.0 Å². The number of fused-ring (bicyclic) bond motifs is 2. The van der Waals surface area contributed by atoms with Gasteiger partial charge >= 0.3 is 5.97 Å². The number of ether oxygens (including phenoxy) is 1. The van der Waals surface area contributed by atoms with Crippen molar-refractivity contribution in [3.8, 4) is 0 Å². The van der Waals surface area contributed by atoms with E-state index in [1.807, 2.05) is 11.4 Å². The van der Waals surface area contributed by atoms with E-state index in [2.05, 4.69) is 8.75 Å². The summed E-state index contributed by atoms with van der Waals surface area (Å²) in [6.45, 7) is 0.486. The summed E-state index contributed by atoms with van der Waals surface area (Å²) in [5.74, 6) is -0.615. The summed E-state index contributed by atoms with van der Waals surface area (Å²) in [5, 5.41) is 1.95. The van der Waals surface area contributed by atoms with Gasteiger partial charge in [-0.25, -0.2) is 4.79 Å². The molecule has 1 aliphatic heterocycles. The van der Waals surface area contributed by atoms with Crippen LogP contribution in [0.5, 0.6) is 0 Å². The molecule has 24 heavy (non-hydrogen) atoms. The quantitative estimate of drug-likeness (QED) is 0.658. The van der Waals surface area contributed by atoms with Crippen LogP contribution >= 0.6 is 23.1 Å². The Balaban J connectivity index is 1.73. The number of esters is 1. The van der Waals surface area contributed by atoms with Crippen molar-refractivity contribution >= 4 is 46.0 Å². The van der Waals surface area contributed by atoms with Crippen LogP contribution in [-0.4, -0.2) is 39.2 Å². The first kappa shape index (κ1) is 15.2. The monoisotopic (exact) mass is 359 g/mol. The third kappa shape index (κ3) is 2.38. The van der Waals surface area contributed by atoms with Gasteiger partial charge in [0.2, 0.25) is 0 Å². The zero-order chi connectivity index (χ0) is 16.7. The van der Waals surface area contributed by atoms with Gasteiger partial charge < -0.3 is 9.64 Å². The second kappa shape index (κ2) is 5.95. The predicted molar refractivity (Wildman–Crippen MR) is 91.2 cm³/mol. The summed E-state index contributed by atoms with van der Waals surface area (Å²) >= 11 is 2.72. The van der Waals surface area contributed by atoms with Gasteiger partial charge in [-0.3, -0.25) is 4.79 Å². The average molecular weight is 359 g/mol. The normalized spacial score (nSPS) is 16.9. The van der Waals surface area contributed by atoms with E-state index in [0.29, 0.717) is 17.6 Å². The Labute approximate surface area is 146 Å². The number of amides is 1. The first-order valence-corrected chi connectivity index (χ1v) is 8.97. The van der Waals surface area contributed by atoms with Gasteiger partial charge in [0.1, 0.15) is 11.0 Å². The number of rotatable bonds is 2. The maximum Gasteiger partial charge on any atom is 0.333 e. The maximum atomic E-state index is 13.0. The van der Waals surface area contributed by atoms with Crippen LogP contribution in [0.1, 0.15) is 26.8 Å². The molecular formula is C16H13N3O3S2. The molecule has 0 N–H and O–H groups in total. The molecule has 1 aliphatic rings. The van der Waals surface area contributed by atoms with Gasteiger partial charge in [-0.15, -0.1) is 11.3 Å². The lowest BCUT2D eigenvalue weighted by Crippen LogP contribution is -2.43. The number of benzene rings is 1. The topological polar surface area (TPSA) is 72.4 Å². The lowest BCUT2D eigenvalue weighted by atomic mass is 9.98. The Bertz CT molecular complexity index is 933. The first-order valence-electron chi connectivity index (χ1n) is 7.36. The van der Waals surface area contributed by atoms with E-state index < -0.39 is 12.0 Å². The number of methoxy groups -OCH3 is 1. The molecule has 2 aromatic heterocycles. The van der Waals surface area contributed by atoms with Crippen LogP contribution in [0.3, 0.4) is 0 Å². The second-order valence-corrected chi connectivity index (χ2v) is 6.97. The van der Waals surface area contributed by atoms with Crippen molar-refractivity contribution in [3.05, 3.63) is 45.6 Å². The molecule has 6 nitrogen and oxygen atoms in total. The van der Waals surface area contributed by atoms with E-state index in [9.17, 15) is 9.59 Å². The lowest BCUT2D eigenvalue weighted by molar-refractivity contribution is -0.146. The van der Waals surface area contributed by atoms with Gasteiger partial charge in [0.05, 0.1) is 18.8 Å². The standard InChI is InChI=1S/C16H13N3O3S2/c1-22-16(21)14-10-5-7-23-13(10)4-6-19(14)15(20)9-2-3-11-12(8-9)18-24-17-11/h2-3,5,7-8,14H,4,6H2,1H3. The highest BCUT2D eigenvalue weighted by molar-refractivity contribution is 7.10. The molecule has 0 radical (unpaired) electrons. The Morgan fingerprint density at radius 3 is 2.92 bits per heavy atom. The first-order chi connectivity index (χ1) is 11.7. The molecule has 0 spiro atoms. The molecule has 0 bridgehead atoms. The van der Waals surface area contributed by atoms with E-state index >= 15 is 0 Å². The molecule has 0 saturated heterocycles. The molecule has 1 unspecified atom stereocenters. The Morgan fingerprint density at radius 2 is 2.08 bits per heavy atom. The van der Waals surface area contributed by atoms with E-state index in [4.69, 9.17) is 4.74 Å². The molecule has 1 atom stereocenters. The third-order valence-electron chi connectivity index (χ3n) is 4.15. The van der Waals surface area contributed by atoms with Gasteiger partial charge in [-0.05, 0) is 41.6 Å². The molecule has 1 aromatic carbocycles. The summed E-state index contributed by atoms with van der Waals surface area (Å²) in [7, 11) is 1.35. The van der Waals surface area contributed by atoms with Gasteiger partial charge in [-0.2, -0.15) is 8.75 Å². The van der Waals surface area contributed by atoms with Crippen LogP contribution < -0.4 is 0 Å². The van der Waals surface area contributed by atoms with Crippen molar-refractivity contribution in [2.24, 2.45) is 0 Å². The van der Waals surface area contributed by atoms with Gasteiger partial charge in [-0.1, -0.05) is 0 Å². The van der Waals surface area contributed by atoms with Crippen LogP contribution in [0.4, 0.5) is 0 Å². The van der Waals surface area contributed by atoms with Crippen molar-refractivity contribution in [3.63, 3.8) is 0 Å². The minimum atomic E-state index is -0.693. The molecule has 3 aromatic rings. The number of hydrogen-bond acceptors (Lipinski definition) is 7.